The largest absolute Gasteiger partial charge is 0.379 e. The summed E-state index contributed by atoms with van der Waals surface area (Å²) in [5.41, 5.74) is 0.636. The van der Waals surface area contributed by atoms with Gasteiger partial charge in [0.2, 0.25) is 5.91 Å². The molecule has 0 saturated heterocycles. The van der Waals surface area contributed by atoms with E-state index in [0.717, 1.165) is 24.4 Å². The second-order valence-corrected chi connectivity index (χ2v) is 7.24. The van der Waals surface area contributed by atoms with Gasteiger partial charge in [0.25, 0.3) is 5.91 Å². The van der Waals surface area contributed by atoms with E-state index in [-0.39, 0.29) is 34.6 Å². The van der Waals surface area contributed by atoms with Gasteiger partial charge in [-0.2, -0.15) is 0 Å². The Labute approximate surface area is 184 Å². The van der Waals surface area contributed by atoms with Gasteiger partial charge in [0.05, 0.1) is 56.9 Å². The van der Waals surface area contributed by atoms with E-state index in [1.165, 1.54) is 6.20 Å². The summed E-state index contributed by atoms with van der Waals surface area (Å²) in [7, 11) is 0. The monoisotopic (exact) mass is 450 g/mol. The second-order valence-electron chi connectivity index (χ2n) is 6.23. The fourth-order valence-electron chi connectivity index (χ4n) is 2.38. The van der Waals surface area contributed by atoms with Gasteiger partial charge < -0.3 is 19.5 Å². The zero-order valence-electron chi connectivity index (χ0n) is 17.3. The van der Waals surface area contributed by atoms with Gasteiger partial charge in [-0.3, -0.25) is 14.9 Å². The van der Waals surface area contributed by atoms with Crippen LogP contribution in [0.25, 0.3) is 0 Å². The summed E-state index contributed by atoms with van der Waals surface area (Å²) in [6.45, 7) is 4.88. The van der Waals surface area contributed by atoms with Crippen LogP contribution in [0, 0.1) is 4.91 Å². The van der Waals surface area contributed by atoms with Gasteiger partial charge in [0, 0.05) is 6.61 Å². The topological polar surface area (TPSA) is 128 Å². The van der Waals surface area contributed by atoms with Crippen LogP contribution in [-0.2, 0) is 19.0 Å². The van der Waals surface area contributed by atoms with Crippen molar-refractivity contribution in [1.82, 2.24) is 4.98 Å². The average Bonchev–Trinajstić information content (AvgIpc) is 3.23. The maximum Gasteiger partial charge on any atom is 0.259 e. The molecule has 2 aromatic rings. The van der Waals surface area contributed by atoms with Crippen LogP contribution in [0.15, 0.2) is 35.6 Å². The second kappa shape index (κ2) is 14.3. The number of carbonyl (C=O) groups excluding carboxylic acids is 2. The van der Waals surface area contributed by atoms with Crippen molar-refractivity contribution in [2.24, 2.45) is 5.18 Å². The molecule has 1 aromatic heterocycles. The number of hydrogen-bond donors (Lipinski definition) is 2. The first-order valence-electron chi connectivity index (χ1n) is 9.86. The summed E-state index contributed by atoms with van der Waals surface area (Å²) >= 11 is 0.956. The van der Waals surface area contributed by atoms with E-state index in [4.69, 9.17) is 14.2 Å². The van der Waals surface area contributed by atoms with Crippen molar-refractivity contribution in [3.05, 3.63) is 40.9 Å². The molecule has 31 heavy (non-hydrogen) atoms. The Morgan fingerprint density at radius 2 is 1.68 bits per heavy atom. The van der Waals surface area contributed by atoms with Gasteiger partial charge in [-0.25, -0.2) is 4.98 Å². The first-order chi connectivity index (χ1) is 15.1. The Kier molecular flexibility index (Phi) is 11.3. The third-order valence-electron chi connectivity index (χ3n) is 3.82. The van der Waals surface area contributed by atoms with E-state index < -0.39 is 5.91 Å². The molecule has 0 fully saturated rings. The van der Waals surface area contributed by atoms with E-state index in [1.807, 2.05) is 6.92 Å². The van der Waals surface area contributed by atoms with Crippen molar-refractivity contribution in [3.8, 4) is 0 Å². The lowest BCUT2D eigenvalue weighted by Gasteiger charge is -2.11. The Morgan fingerprint density at radius 3 is 2.35 bits per heavy atom. The van der Waals surface area contributed by atoms with Gasteiger partial charge in [0.1, 0.15) is 0 Å². The molecule has 0 radical (unpaired) electrons. The highest BCUT2D eigenvalue weighted by Crippen LogP contribution is 2.26. The first-order valence-corrected chi connectivity index (χ1v) is 10.7. The molecule has 1 aromatic carbocycles. The molecular weight excluding hydrogens is 424 g/mol. The van der Waals surface area contributed by atoms with Gasteiger partial charge >= 0.3 is 0 Å². The minimum Gasteiger partial charge on any atom is -0.379 e. The highest BCUT2D eigenvalue weighted by Gasteiger charge is 2.15. The number of nitroso groups, excluding NO2 is 1. The van der Waals surface area contributed by atoms with E-state index in [1.54, 1.807) is 24.3 Å². The highest BCUT2D eigenvalue weighted by atomic mass is 32.1. The first kappa shape index (κ1) is 24.5. The van der Waals surface area contributed by atoms with Crippen LogP contribution in [-0.4, -0.2) is 56.4 Å². The minimum atomic E-state index is -0.459. The molecule has 0 aliphatic heterocycles. The molecule has 1 heterocycles. The number of aromatic nitrogens is 1. The molecule has 0 bridgehead atoms. The zero-order valence-corrected chi connectivity index (χ0v) is 18.1. The number of benzene rings is 1. The molecule has 0 unspecified atom stereocenters. The average molecular weight is 451 g/mol. The summed E-state index contributed by atoms with van der Waals surface area (Å²) in [4.78, 5) is 39.1. The Balaban J connectivity index is 1.70. The lowest BCUT2D eigenvalue weighted by Crippen LogP contribution is -2.19. The van der Waals surface area contributed by atoms with Crippen molar-refractivity contribution in [3.63, 3.8) is 0 Å². The van der Waals surface area contributed by atoms with Crippen LogP contribution >= 0.6 is 11.3 Å². The molecule has 2 amide bonds. The van der Waals surface area contributed by atoms with Crippen molar-refractivity contribution in [2.75, 3.05) is 50.3 Å². The summed E-state index contributed by atoms with van der Waals surface area (Å²) in [6.07, 6.45) is 2.38. The number of carbonyl (C=O) groups is 2. The number of thiazole rings is 1. The highest BCUT2D eigenvalue weighted by molar-refractivity contribution is 7.19. The number of rotatable bonds is 15. The number of amides is 2. The lowest BCUT2D eigenvalue weighted by molar-refractivity contribution is -0.117. The molecule has 168 valence electrons. The maximum atomic E-state index is 12.5. The standard InChI is InChI=1S/C20H26N4O6S/c1-2-8-28-10-12-30-13-11-29-9-7-17(25)22-16-6-4-3-5-15(16)19(26)23-20-21-14-18(24-27)31-20/h3-6,14H,2,7-13H2,1H3,(H,22,25)(H,21,23,26). The number of ether oxygens (including phenoxy) is 3. The van der Waals surface area contributed by atoms with Crippen LogP contribution < -0.4 is 10.6 Å². The Bertz CT molecular complexity index is 845. The van der Waals surface area contributed by atoms with Crippen LogP contribution in [0.3, 0.4) is 0 Å². The van der Waals surface area contributed by atoms with Crippen molar-refractivity contribution in [2.45, 2.75) is 19.8 Å². The summed E-state index contributed by atoms with van der Waals surface area (Å²) in [5, 5.41) is 8.47. The third-order valence-corrected chi connectivity index (χ3v) is 4.61. The van der Waals surface area contributed by atoms with Crippen LogP contribution in [0.1, 0.15) is 30.1 Å². The molecule has 11 heteroatoms. The minimum absolute atomic E-state index is 0.135. The number of anilines is 2. The maximum absolute atomic E-state index is 12.5. The Morgan fingerprint density at radius 1 is 1.00 bits per heavy atom. The number of nitrogens with zero attached hydrogens (tertiary/aromatic N) is 2. The molecule has 0 aliphatic rings. The summed E-state index contributed by atoms with van der Waals surface area (Å²) in [6, 6.07) is 6.60. The van der Waals surface area contributed by atoms with Crippen molar-refractivity contribution in [1.29, 1.82) is 0 Å². The van der Waals surface area contributed by atoms with E-state index >= 15 is 0 Å². The number of para-hydroxylation sites is 1. The molecular formula is C20H26N4O6S. The fourth-order valence-corrected chi connectivity index (χ4v) is 2.97. The molecule has 0 aliphatic carbocycles. The van der Waals surface area contributed by atoms with Gasteiger partial charge in [-0.05, 0) is 23.7 Å². The molecule has 0 saturated carbocycles. The zero-order chi connectivity index (χ0) is 22.3. The van der Waals surface area contributed by atoms with Gasteiger partial charge in [0.15, 0.2) is 10.1 Å². The van der Waals surface area contributed by atoms with Crippen molar-refractivity contribution >= 4 is 39.0 Å². The molecule has 0 atom stereocenters. The Hall–Kier alpha value is -2.73. The molecule has 10 nitrogen and oxygen atoms in total. The van der Waals surface area contributed by atoms with Gasteiger partial charge in [-0.15, -0.1) is 4.91 Å². The quantitative estimate of drug-likeness (QED) is 0.313. The van der Waals surface area contributed by atoms with Crippen LogP contribution in [0.5, 0.6) is 0 Å². The van der Waals surface area contributed by atoms with E-state index in [0.29, 0.717) is 32.1 Å². The normalized spacial score (nSPS) is 10.6. The van der Waals surface area contributed by atoms with E-state index in [2.05, 4.69) is 20.8 Å². The smallest absolute Gasteiger partial charge is 0.259 e. The lowest BCUT2D eigenvalue weighted by atomic mass is 10.1. The summed E-state index contributed by atoms with van der Waals surface area (Å²) in [5.74, 6) is -0.741. The number of nitrogens with one attached hydrogen (secondary N) is 2. The molecule has 0 spiro atoms. The molecule has 2 N–H and O–H groups in total. The predicted octanol–water partition coefficient (Wildman–Crippen LogP) is 3.58. The summed E-state index contributed by atoms with van der Waals surface area (Å²) < 4.78 is 16.0. The van der Waals surface area contributed by atoms with Crippen molar-refractivity contribution < 1.29 is 23.8 Å². The third kappa shape index (κ3) is 9.30. The molecule has 2 rings (SSSR count). The predicted molar refractivity (Wildman–Crippen MR) is 118 cm³/mol. The SMILES string of the molecule is CCCOCCOCCOCCC(=O)Nc1ccccc1C(=O)Nc1ncc(N=O)s1. The van der Waals surface area contributed by atoms with Gasteiger partial charge in [-0.1, -0.05) is 30.4 Å². The van der Waals surface area contributed by atoms with Crippen LogP contribution in [0.4, 0.5) is 15.8 Å². The van der Waals surface area contributed by atoms with Crippen LogP contribution in [0.2, 0.25) is 0 Å². The van der Waals surface area contributed by atoms with E-state index in [9.17, 15) is 14.5 Å². The number of hydrogen-bond acceptors (Lipinski definition) is 9. The fraction of sp³-hybridized carbons (Fsp3) is 0.450.